The van der Waals surface area contributed by atoms with Crippen LogP contribution >= 0.6 is 0 Å². The number of hydrogen-bond acceptors (Lipinski definition) is 6. The highest BCUT2D eigenvalue weighted by Gasteiger charge is 2.29. The fourth-order valence-electron chi connectivity index (χ4n) is 4.94. The lowest BCUT2D eigenvalue weighted by atomic mass is 9.97. The molecule has 0 atom stereocenters. The number of nitrogens with one attached hydrogen (secondary N) is 4. The van der Waals surface area contributed by atoms with Gasteiger partial charge >= 0.3 is 0 Å². The van der Waals surface area contributed by atoms with E-state index in [0.717, 1.165) is 35.9 Å². The topological polar surface area (TPSA) is 120 Å². The number of aldehydes is 1. The minimum atomic E-state index is -0.262. The molecule has 9 heteroatoms. The van der Waals surface area contributed by atoms with Crippen LogP contribution in [0.15, 0.2) is 66.7 Å². The normalized spacial score (nSPS) is 16.3. The van der Waals surface area contributed by atoms with Gasteiger partial charge in [0.1, 0.15) is 6.29 Å². The van der Waals surface area contributed by atoms with E-state index in [2.05, 4.69) is 21.3 Å². The maximum Gasteiger partial charge on any atom is 0.258 e. The van der Waals surface area contributed by atoms with Crippen LogP contribution in [-0.2, 0) is 9.59 Å². The lowest BCUT2D eigenvalue weighted by Crippen LogP contribution is -2.38. The number of carbonyl (C=O) groups is 4. The van der Waals surface area contributed by atoms with Gasteiger partial charge in [0.2, 0.25) is 5.91 Å². The molecule has 0 spiro atoms. The Hall–Kier alpha value is -4.76. The van der Waals surface area contributed by atoms with Crippen LogP contribution in [0.1, 0.15) is 43.8 Å². The molecule has 2 aliphatic heterocycles. The Bertz CT molecular complexity index is 1480. The van der Waals surface area contributed by atoms with Crippen molar-refractivity contribution in [2.45, 2.75) is 13.3 Å². The van der Waals surface area contributed by atoms with Crippen molar-refractivity contribution >= 4 is 46.7 Å². The molecule has 1 saturated heterocycles. The summed E-state index contributed by atoms with van der Waals surface area (Å²) in [6.07, 6.45) is 1.67. The number of aryl methyl sites for hydroxylation is 1. The molecule has 0 radical (unpaired) electrons. The van der Waals surface area contributed by atoms with Crippen LogP contribution in [0.3, 0.4) is 0 Å². The van der Waals surface area contributed by atoms with Gasteiger partial charge in [-0.25, -0.2) is 0 Å². The Morgan fingerprint density at radius 2 is 1.80 bits per heavy atom. The highest BCUT2D eigenvalue weighted by Crippen LogP contribution is 2.38. The molecule has 0 unspecified atom stereocenters. The molecule has 0 aromatic heterocycles. The Balaban J connectivity index is 1.34. The van der Waals surface area contributed by atoms with Crippen molar-refractivity contribution in [3.8, 4) is 0 Å². The minimum absolute atomic E-state index is 0.0103. The predicted molar refractivity (Wildman–Crippen MR) is 155 cm³/mol. The zero-order valence-corrected chi connectivity index (χ0v) is 22.3. The van der Waals surface area contributed by atoms with Gasteiger partial charge in [-0.2, -0.15) is 0 Å². The first-order chi connectivity index (χ1) is 19.4. The molecule has 40 heavy (non-hydrogen) atoms. The van der Waals surface area contributed by atoms with Crippen molar-refractivity contribution in [1.29, 1.82) is 0 Å². The quantitative estimate of drug-likeness (QED) is 0.259. The van der Waals surface area contributed by atoms with E-state index in [1.807, 2.05) is 48.2 Å². The number of anilines is 2. The monoisotopic (exact) mass is 537 g/mol. The first-order valence-electron chi connectivity index (χ1n) is 13.3. The summed E-state index contributed by atoms with van der Waals surface area (Å²) < 4.78 is 0. The third-order valence-corrected chi connectivity index (χ3v) is 7.06. The standard InChI is InChI=1S/C31H31N5O4/c1-20-16-25-26(17-23(20)19-37)35-31(40)28(25)29(21-6-3-2-4-7-21)34-24-10-8-22(9-11-24)30(39)33-13-15-36-14-5-12-32-27(38)18-36/h2-4,6-11,16-17,19,34H,5,12-15,18H2,1H3,(H,32,38)(H,33,39)(H,35,40)/b29-28-. The second kappa shape index (κ2) is 12.0. The molecule has 1 fully saturated rings. The first kappa shape index (κ1) is 26.8. The maximum absolute atomic E-state index is 13.2. The number of amides is 3. The SMILES string of the molecule is Cc1cc2c(cc1C=O)NC(=O)/C2=C(\Nc1ccc(C(=O)NCCN2CCCNC(=O)C2)cc1)c1ccccc1. The lowest BCUT2D eigenvalue weighted by Gasteiger charge is -2.18. The molecule has 0 bridgehead atoms. The molecule has 2 heterocycles. The number of carbonyl (C=O) groups excluding carboxylic acids is 4. The van der Waals surface area contributed by atoms with Gasteiger partial charge in [0, 0.05) is 54.2 Å². The summed E-state index contributed by atoms with van der Waals surface area (Å²) in [5, 5.41) is 12.0. The summed E-state index contributed by atoms with van der Waals surface area (Å²) >= 11 is 0. The van der Waals surface area contributed by atoms with Crippen LogP contribution in [-0.4, -0.2) is 61.6 Å². The van der Waals surface area contributed by atoms with Crippen LogP contribution in [0.25, 0.3) is 11.3 Å². The maximum atomic E-state index is 13.2. The fourth-order valence-corrected chi connectivity index (χ4v) is 4.94. The molecular weight excluding hydrogens is 506 g/mol. The van der Waals surface area contributed by atoms with Crippen molar-refractivity contribution in [2.24, 2.45) is 0 Å². The van der Waals surface area contributed by atoms with Gasteiger partial charge in [-0.05, 0) is 60.9 Å². The average Bonchev–Trinajstić information content (AvgIpc) is 3.12. The van der Waals surface area contributed by atoms with Gasteiger partial charge < -0.3 is 21.3 Å². The van der Waals surface area contributed by atoms with Crippen molar-refractivity contribution in [3.05, 3.63) is 94.5 Å². The second-order valence-electron chi connectivity index (χ2n) is 9.88. The van der Waals surface area contributed by atoms with Gasteiger partial charge in [0.25, 0.3) is 11.8 Å². The van der Waals surface area contributed by atoms with Gasteiger partial charge in [0.05, 0.1) is 17.8 Å². The molecule has 3 aromatic carbocycles. The summed E-state index contributed by atoms with van der Waals surface area (Å²) in [6.45, 7) is 4.72. The summed E-state index contributed by atoms with van der Waals surface area (Å²) in [5.41, 5.74) is 5.76. The third kappa shape index (κ3) is 5.94. The molecular formula is C31H31N5O4. The summed E-state index contributed by atoms with van der Waals surface area (Å²) in [7, 11) is 0. The van der Waals surface area contributed by atoms with E-state index in [-0.39, 0.29) is 17.7 Å². The largest absolute Gasteiger partial charge is 0.355 e. The highest BCUT2D eigenvalue weighted by molar-refractivity contribution is 6.37. The van der Waals surface area contributed by atoms with Crippen LogP contribution in [0.5, 0.6) is 0 Å². The number of hydrogen-bond donors (Lipinski definition) is 4. The molecule has 9 nitrogen and oxygen atoms in total. The van der Waals surface area contributed by atoms with Gasteiger partial charge in [0.15, 0.2) is 0 Å². The smallest absolute Gasteiger partial charge is 0.258 e. The molecule has 0 aliphatic carbocycles. The van der Waals surface area contributed by atoms with Gasteiger partial charge in [-0.1, -0.05) is 30.3 Å². The van der Waals surface area contributed by atoms with Crippen molar-refractivity contribution in [3.63, 3.8) is 0 Å². The van der Waals surface area contributed by atoms with Crippen molar-refractivity contribution in [2.75, 3.05) is 43.4 Å². The number of rotatable bonds is 8. The second-order valence-corrected chi connectivity index (χ2v) is 9.88. The Kier molecular flexibility index (Phi) is 8.02. The number of fused-ring (bicyclic) bond motifs is 1. The van der Waals surface area contributed by atoms with E-state index < -0.39 is 0 Å². The van der Waals surface area contributed by atoms with Gasteiger partial charge in [-0.15, -0.1) is 0 Å². The third-order valence-electron chi connectivity index (χ3n) is 7.06. The Labute approximate surface area is 232 Å². The molecule has 0 saturated carbocycles. The van der Waals surface area contributed by atoms with Crippen LogP contribution < -0.4 is 21.3 Å². The van der Waals surface area contributed by atoms with E-state index >= 15 is 0 Å². The minimum Gasteiger partial charge on any atom is -0.355 e. The van der Waals surface area contributed by atoms with Crippen LogP contribution in [0, 0.1) is 6.92 Å². The van der Waals surface area contributed by atoms with E-state index in [9.17, 15) is 19.2 Å². The van der Waals surface area contributed by atoms with Crippen LogP contribution in [0.2, 0.25) is 0 Å². The Morgan fingerprint density at radius 3 is 2.55 bits per heavy atom. The number of nitrogens with zero attached hydrogens (tertiary/aromatic N) is 1. The fraction of sp³-hybridized carbons (Fsp3) is 0.226. The molecule has 3 aromatic rings. The Morgan fingerprint density at radius 1 is 1.02 bits per heavy atom. The molecule has 5 rings (SSSR count). The van der Waals surface area contributed by atoms with E-state index in [4.69, 9.17) is 0 Å². The average molecular weight is 538 g/mol. The zero-order chi connectivity index (χ0) is 28.1. The molecule has 4 N–H and O–H groups in total. The molecule has 3 amide bonds. The summed E-state index contributed by atoms with van der Waals surface area (Å²) in [6, 6.07) is 20.1. The van der Waals surface area contributed by atoms with Crippen molar-refractivity contribution < 1.29 is 19.2 Å². The van der Waals surface area contributed by atoms with E-state index in [1.54, 1.807) is 30.3 Å². The summed E-state index contributed by atoms with van der Waals surface area (Å²) in [4.78, 5) is 51.1. The first-order valence-corrected chi connectivity index (χ1v) is 13.3. The predicted octanol–water partition coefficient (Wildman–Crippen LogP) is 3.29. The number of benzene rings is 3. The van der Waals surface area contributed by atoms with Crippen molar-refractivity contribution in [1.82, 2.24) is 15.5 Å². The lowest BCUT2D eigenvalue weighted by molar-refractivity contribution is -0.121. The van der Waals surface area contributed by atoms with E-state index in [0.29, 0.717) is 60.0 Å². The molecule has 2 aliphatic rings. The summed E-state index contributed by atoms with van der Waals surface area (Å²) in [5.74, 6) is -0.448. The zero-order valence-electron chi connectivity index (χ0n) is 22.3. The molecule has 204 valence electrons. The highest BCUT2D eigenvalue weighted by atomic mass is 16.2. The van der Waals surface area contributed by atoms with Crippen LogP contribution in [0.4, 0.5) is 11.4 Å². The van der Waals surface area contributed by atoms with E-state index in [1.165, 1.54) is 0 Å². The van der Waals surface area contributed by atoms with Gasteiger partial charge in [-0.3, -0.25) is 24.1 Å².